The minimum Gasteiger partial charge on any atom is -0.369 e. The fraction of sp³-hybridized carbons (Fsp3) is 0.750. The van der Waals surface area contributed by atoms with Crippen LogP contribution in [0.1, 0.15) is 91.4 Å². The Morgan fingerprint density at radius 3 is 2.23 bits per heavy atom. The molecule has 26 heavy (non-hydrogen) atoms. The first-order valence-corrected chi connectivity index (χ1v) is 10.2. The molecule has 0 saturated carbocycles. The molecular weight excluding hydrogens is 326 g/mol. The van der Waals surface area contributed by atoms with Crippen molar-refractivity contribution in [1.82, 2.24) is 19.5 Å². The minimum atomic E-state index is -0.262. The zero-order chi connectivity index (χ0) is 19.0. The molecule has 146 valence electrons. The number of imidazole rings is 1. The summed E-state index contributed by atoms with van der Waals surface area (Å²) in [7, 11) is 0. The van der Waals surface area contributed by atoms with Crippen LogP contribution in [0.3, 0.4) is 0 Å². The summed E-state index contributed by atoms with van der Waals surface area (Å²) in [6, 6.07) is 0. The van der Waals surface area contributed by atoms with E-state index in [0.29, 0.717) is 11.2 Å². The summed E-state index contributed by atoms with van der Waals surface area (Å²) in [5.74, 6) is 0.153. The van der Waals surface area contributed by atoms with E-state index in [4.69, 9.17) is 5.73 Å². The molecule has 0 radical (unpaired) electrons. The molecule has 0 saturated heterocycles. The fourth-order valence-electron chi connectivity index (χ4n) is 3.73. The van der Waals surface area contributed by atoms with Gasteiger partial charge in [0.1, 0.15) is 0 Å². The second kappa shape index (κ2) is 9.74. The van der Waals surface area contributed by atoms with Crippen molar-refractivity contribution in [1.29, 1.82) is 0 Å². The van der Waals surface area contributed by atoms with Gasteiger partial charge in [-0.2, -0.15) is 4.98 Å². The van der Waals surface area contributed by atoms with Crippen molar-refractivity contribution in [3.63, 3.8) is 0 Å². The standard InChI is InChI=1S/C20H35N5O/c1-4-6-8-10-12-14-20(3,13-11-9-7-5-2)25-15-22-16-17(25)23-19(21)24-18(16)26/h15H,4-14H2,1-3H3,(H3,21,23,24,26). The molecule has 0 amide bonds. The van der Waals surface area contributed by atoms with Crippen LogP contribution in [-0.4, -0.2) is 19.5 Å². The number of nitrogen functional groups attached to an aromatic ring is 1. The molecule has 0 aromatic carbocycles. The van der Waals surface area contributed by atoms with Crippen LogP contribution in [0.25, 0.3) is 11.2 Å². The van der Waals surface area contributed by atoms with Gasteiger partial charge in [-0.15, -0.1) is 0 Å². The average molecular weight is 362 g/mol. The van der Waals surface area contributed by atoms with E-state index in [1.807, 2.05) is 0 Å². The predicted octanol–water partition coefficient (Wildman–Crippen LogP) is 4.75. The second-order valence-corrected chi connectivity index (χ2v) is 7.71. The van der Waals surface area contributed by atoms with E-state index in [1.54, 1.807) is 6.33 Å². The predicted molar refractivity (Wildman–Crippen MR) is 108 cm³/mol. The Morgan fingerprint density at radius 1 is 1.04 bits per heavy atom. The van der Waals surface area contributed by atoms with Gasteiger partial charge < -0.3 is 10.3 Å². The highest BCUT2D eigenvalue weighted by Gasteiger charge is 2.28. The zero-order valence-electron chi connectivity index (χ0n) is 16.7. The van der Waals surface area contributed by atoms with Crippen molar-refractivity contribution in [3.8, 4) is 0 Å². The van der Waals surface area contributed by atoms with Gasteiger partial charge in [0.15, 0.2) is 11.2 Å². The lowest BCUT2D eigenvalue weighted by Crippen LogP contribution is -2.30. The Labute approximate surface area is 156 Å². The topological polar surface area (TPSA) is 89.6 Å². The number of aromatic nitrogens is 4. The number of hydrogen-bond acceptors (Lipinski definition) is 4. The maximum absolute atomic E-state index is 12.1. The minimum absolute atomic E-state index is 0.0814. The van der Waals surface area contributed by atoms with E-state index < -0.39 is 0 Å². The number of aromatic amines is 1. The Hall–Kier alpha value is -1.85. The van der Waals surface area contributed by atoms with Crippen LogP contribution in [0.2, 0.25) is 0 Å². The summed E-state index contributed by atoms with van der Waals surface area (Å²) in [4.78, 5) is 23.4. The van der Waals surface area contributed by atoms with Crippen LogP contribution in [0.4, 0.5) is 5.95 Å². The van der Waals surface area contributed by atoms with Gasteiger partial charge in [-0.1, -0.05) is 71.6 Å². The normalized spacial score (nSPS) is 14.0. The van der Waals surface area contributed by atoms with E-state index in [9.17, 15) is 4.79 Å². The summed E-state index contributed by atoms with van der Waals surface area (Å²) < 4.78 is 2.10. The first kappa shape index (κ1) is 20.5. The lowest BCUT2D eigenvalue weighted by Gasteiger charge is -2.32. The SMILES string of the molecule is CCCCCCCC(C)(CCCCCC)n1cnc2c(=O)[nH]c(N)nc21. The number of nitrogens with one attached hydrogen (secondary N) is 1. The summed E-state index contributed by atoms with van der Waals surface area (Å²) >= 11 is 0. The fourth-order valence-corrected chi connectivity index (χ4v) is 3.73. The number of nitrogens with two attached hydrogens (primary N) is 1. The van der Waals surface area contributed by atoms with Crippen molar-refractivity contribution in [2.24, 2.45) is 0 Å². The number of nitrogens with zero attached hydrogens (tertiary/aromatic N) is 3. The Kier molecular flexibility index (Phi) is 7.66. The van der Waals surface area contributed by atoms with Crippen LogP contribution in [0.15, 0.2) is 11.1 Å². The number of H-pyrrole nitrogens is 1. The maximum atomic E-state index is 12.1. The summed E-state index contributed by atoms with van der Waals surface area (Å²) in [5, 5.41) is 0. The molecule has 2 aromatic rings. The monoisotopic (exact) mass is 361 g/mol. The smallest absolute Gasteiger partial charge is 0.280 e. The Bertz CT molecular complexity index is 735. The highest BCUT2D eigenvalue weighted by atomic mass is 16.1. The number of rotatable bonds is 12. The van der Waals surface area contributed by atoms with Gasteiger partial charge in [0, 0.05) is 5.54 Å². The molecule has 6 heteroatoms. The molecule has 2 heterocycles. The molecule has 2 aromatic heterocycles. The van der Waals surface area contributed by atoms with Crippen LogP contribution in [-0.2, 0) is 5.54 Å². The molecular formula is C20H35N5O. The van der Waals surface area contributed by atoms with Gasteiger partial charge >= 0.3 is 0 Å². The van der Waals surface area contributed by atoms with Gasteiger partial charge in [0.2, 0.25) is 5.95 Å². The molecule has 0 aliphatic heterocycles. The summed E-state index contributed by atoms with van der Waals surface area (Å²) in [6.07, 6.45) is 15.1. The van der Waals surface area contributed by atoms with E-state index >= 15 is 0 Å². The van der Waals surface area contributed by atoms with Gasteiger partial charge in [0.25, 0.3) is 5.56 Å². The first-order valence-electron chi connectivity index (χ1n) is 10.2. The van der Waals surface area contributed by atoms with E-state index in [0.717, 1.165) is 12.8 Å². The van der Waals surface area contributed by atoms with E-state index in [-0.39, 0.29) is 17.0 Å². The van der Waals surface area contributed by atoms with Crippen LogP contribution in [0.5, 0.6) is 0 Å². The van der Waals surface area contributed by atoms with Crippen LogP contribution < -0.4 is 11.3 Å². The molecule has 0 bridgehead atoms. The van der Waals surface area contributed by atoms with Crippen molar-refractivity contribution in [3.05, 3.63) is 16.7 Å². The molecule has 0 aliphatic carbocycles. The lowest BCUT2D eigenvalue weighted by atomic mass is 9.87. The quantitative estimate of drug-likeness (QED) is 0.534. The molecule has 6 nitrogen and oxygen atoms in total. The molecule has 0 spiro atoms. The molecule has 3 N–H and O–H groups in total. The van der Waals surface area contributed by atoms with E-state index in [1.165, 1.54) is 57.8 Å². The van der Waals surface area contributed by atoms with Gasteiger partial charge in [-0.05, 0) is 19.8 Å². The third kappa shape index (κ3) is 5.08. The van der Waals surface area contributed by atoms with Crippen LogP contribution >= 0.6 is 0 Å². The lowest BCUT2D eigenvalue weighted by molar-refractivity contribution is 0.256. The maximum Gasteiger partial charge on any atom is 0.280 e. The molecule has 0 aliphatic rings. The number of hydrogen-bond donors (Lipinski definition) is 2. The van der Waals surface area contributed by atoms with Gasteiger partial charge in [-0.25, -0.2) is 4.98 Å². The van der Waals surface area contributed by atoms with Crippen molar-refractivity contribution >= 4 is 17.1 Å². The number of anilines is 1. The van der Waals surface area contributed by atoms with Gasteiger partial charge in [0.05, 0.1) is 6.33 Å². The summed E-state index contributed by atoms with van der Waals surface area (Å²) in [5.41, 5.74) is 6.43. The van der Waals surface area contributed by atoms with Crippen molar-refractivity contribution < 1.29 is 0 Å². The largest absolute Gasteiger partial charge is 0.369 e. The average Bonchev–Trinajstić information content (AvgIpc) is 3.03. The number of fused-ring (bicyclic) bond motifs is 1. The molecule has 1 atom stereocenters. The zero-order valence-corrected chi connectivity index (χ0v) is 16.7. The molecule has 2 rings (SSSR count). The Morgan fingerprint density at radius 2 is 1.62 bits per heavy atom. The highest BCUT2D eigenvalue weighted by Crippen LogP contribution is 2.32. The first-order chi connectivity index (χ1) is 12.5. The highest BCUT2D eigenvalue weighted by molar-refractivity contribution is 5.70. The van der Waals surface area contributed by atoms with Crippen LogP contribution in [0, 0.1) is 0 Å². The molecule has 0 fully saturated rings. The van der Waals surface area contributed by atoms with Gasteiger partial charge in [-0.3, -0.25) is 9.78 Å². The third-order valence-corrected chi connectivity index (χ3v) is 5.39. The third-order valence-electron chi connectivity index (χ3n) is 5.39. The Balaban J connectivity index is 2.23. The number of unbranched alkanes of at least 4 members (excludes halogenated alkanes) is 7. The van der Waals surface area contributed by atoms with E-state index in [2.05, 4.69) is 40.3 Å². The summed E-state index contributed by atoms with van der Waals surface area (Å²) in [6.45, 7) is 6.75. The second-order valence-electron chi connectivity index (χ2n) is 7.71. The molecule has 1 unspecified atom stereocenters. The van der Waals surface area contributed by atoms with Crippen molar-refractivity contribution in [2.75, 3.05) is 5.73 Å². The van der Waals surface area contributed by atoms with Crippen molar-refractivity contribution in [2.45, 2.75) is 96.9 Å².